The Morgan fingerprint density at radius 1 is 1.40 bits per heavy atom. The number of hydrogen-bond acceptors (Lipinski definition) is 1. The molecule has 1 rings (SSSR count). The van der Waals surface area contributed by atoms with Gasteiger partial charge in [0.15, 0.2) is 5.60 Å². The fourth-order valence-electron chi connectivity index (χ4n) is 1.32. The van der Waals surface area contributed by atoms with Gasteiger partial charge < -0.3 is 5.11 Å². The fraction of sp³-hybridized carbons (Fsp3) is 1.00. The Balaban J connectivity index is 2.57. The van der Waals surface area contributed by atoms with Gasteiger partial charge in [0.05, 0.1) is 0 Å². The zero-order chi connectivity index (χ0) is 7.99. The van der Waals surface area contributed by atoms with Crippen LogP contribution >= 0.6 is 0 Å². The van der Waals surface area contributed by atoms with Crippen molar-refractivity contribution in [3.8, 4) is 0 Å². The third-order valence-corrected chi connectivity index (χ3v) is 1.90. The van der Waals surface area contributed by atoms with E-state index in [1.54, 1.807) is 6.92 Å². The van der Waals surface area contributed by atoms with Crippen LogP contribution < -0.4 is 0 Å². The second kappa shape index (κ2) is 1.87. The summed E-state index contributed by atoms with van der Waals surface area (Å²) in [4.78, 5) is 0. The number of rotatable bonds is 0. The molecule has 10 heavy (non-hydrogen) atoms. The van der Waals surface area contributed by atoms with Gasteiger partial charge in [-0.25, -0.2) is 0 Å². The van der Waals surface area contributed by atoms with Gasteiger partial charge in [0.2, 0.25) is 0 Å². The molecule has 4 heteroatoms. The van der Waals surface area contributed by atoms with Crippen LogP contribution in [0.4, 0.5) is 13.2 Å². The molecule has 0 bridgehead atoms. The summed E-state index contributed by atoms with van der Waals surface area (Å²) in [6.45, 7) is 1.69. The highest BCUT2D eigenvalue weighted by Gasteiger charge is 2.59. The summed E-state index contributed by atoms with van der Waals surface area (Å²) < 4.78 is 35.4. The van der Waals surface area contributed by atoms with Gasteiger partial charge in [-0.15, -0.1) is 0 Å². The van der Waals surface area contributed by atoms with Crippen LogP contribution in [0.25, 0.3) is 0 Å². The Morgan fingerprint density at radius 2 is 1.80 bits per heavy atom. The molecule has 0 heterocycles. The van der Waals surface area contributed by atoms with Gasteiger partial charge in [0, 0.05) is 0 Å². The summed E-state index contributed by atoms with van der Waals surface area (Å²) >= 11 is 0. The van der Waals surface area contributed by atoms with Gasteiger partial charge in [-0.1, -0.05) is 6.92 Å². The Labute approximate surface area is 56.8 Å². The molecule has 1 aliphatic carbocycles. The molecule has 0 aromatic carbocycles. The summed E-state index contributed by atoms with van der Waals surface area (Å²) in [7, 11) is 0. The van der Waals surface area contributed by atoms with Crippen molar-refractivity contribution >= 4 is 0 Å². The lowest BCUT2D eigenvalue weighted by Gasteiger charge is -2.42. The highest BCUT2D eigenvalue weighted by molar-refractivity contribution is 4.97. The van der Waals surface area contributed by atoms with Gasteiger partial charge in [-0.3, -0.25) is 0 Å². The minimum atomic E-state index is -4.43. The summed E-state index contributed by atoms with van der Waals surface area (Å²) in [5.74, 6) is 0.00613. The molecule has 0 unspecified atom stereocenters. The van der Waals surface area contributed by atoms with Crippen LogP contribution in [0.15, 0.2) is 0 Å². The number of halogens is 3. The monoisotopic (exact) mass is 154 g/mol. The lowest BCUT2D eigenvalue weighted by molar-refractivity contribution is -0.297. The highest BCUT2D eigenvalue weighted by atomic mass is 19.4. The van der Waals surface area contributed by atoms with Gasteiger partial charge >= 0.3 is 6.18 Å². The molecule has 1 nitrogen and oxygen atoms in total. The van der Waals surface area contributed by atoms with E-state index >= 15 is 0 Å². The van der Waals surface area contributed by atoms with Crippen molar-refractivity contribution in [2.45, 2.75) is 31.5 Å². The summed E-state index contributed by atoms with van der Waals surface area (Å²) in [5, 5.41) is 8.79. The van der Waals surface area contributed by atoms with Gasteiger partial charge in [0.25, 0.3) is 0 Å². The second-order valence-corrected chi connectivity index (χ2v) is 3.04. The molecule has 1 aliphatic rings. The van der Waals surface area contributed by atoms with Gasteiger partial charge in [-0.2, -0.15) is 13.2 Å². The van der Waals surface area contributed by atoms with Crippen LogP contribution in [0.1, 0.15) is 19.8 Å². The molecular weight excluding hydrogens is 145 g/mol. The predicted molar refractivity (Wildman–Crippen MR) is 29.4 cm³/mol. The maximum absolute atomic E-state index is 11.8. The first-order valence-corrected chi connectivity index (χ1v) is 3.14. The molecule has 1 N–H and O–H groups in total. The fourth-order valence-corrected chi connectivity index (χ4v) is 1.32. The molecule has 0 aromatic heterocycles. The van der Waals surface area contributed by atoms with Crippen LogP contribution in [0, 0.1) is 5.92 Å². The van der Waals surface area contributed by atoms with Crippen molar-refractivity contribution in [3.63, 3.8) is 0 Å². The van der Waals surface area contributed by atoms with Crippen molar-refractivity contribution in [1.82, 2.24) is 0 Å². The Morgan fingerprint density at radius 3 is 1.90 bits per heavy atom. The number of alkyl halides is 3. The molecule has 0 aliphatic heterocycles. The molecule has 0 amide bonds. The first-order valence-electron chi connectivity index (χ1n) is 3.14. The van der Waals surface area contributed by atoms with Crippen molar-refractivity contribution in [1.29, 1.82) is 0 Å². The molecule has 0 saturated heterocycles. The highest BCUT2D eigenvalue weighted by Crippen LogP contribution is 2.48. The zero-order valence-electron chi connectivity index (χ0n) is 5.57. The van der Waals surface area contributed by atoms with Crippen molar-refractivity contribution in [2.24, 2.45) is 5.92 Å². The van der Waals surface area contributed by atoms with Crippen molar-refractivity contribution in [2.75, 3.05) is 0 Å². The molecule has 0 aromatic rings. The molecule has 0 spiro atoms. The molecule has 0 radical (unpaired) electrons. The van der Waals surface area contributed by atoms with E-state index in [1.807, 2.05) is 0 Å². The third kappa shape index (κ3) is 1.00. The van der Waals surface area contributed by atoms with Crippen LogP contribution in [-0.4, -0.2) is 16.9 Å². The average Bonchev–Trinajstić information content (AvgIpc) is 1.58. The van der Waals surface area contributed by atoms with Crippen molar-refractivity contribution < 1.29 is 18.3 Å². The lowest BCUT2D eigenvalue weighted by atomic mass is 9.71. The SMILES string of the molecule is C[C@H]1C[C@@](O)(C(F)(F)F)C1. The van der Waals surface area contributed by atoms with E-state index in [9.17, 15) is 13.2 Å². The van der Waals surface area contributed by atoms with Crippen LogP contribution in [-0.2, 0) is 0 Å². The maximum Gasteiger partial charge on any atom is 0.417 e. The average molecular weight is 154 g/mol. The first kappa shape index (κ1) is 7.85. The second-order valence-electron chi connectivity index (χ2n) is 3.04. The molecule has 1 fully saturated rings. The minimum Gasteiger partial charge on any atom is -0.380 e. The van der Waals surface area contributed by atoms with Crippen molar-refractivity contribution in [3.05, 3.63) is 0 Å². The van der Waals surface area contributed by atoms with E-state index in [0.29, 0.717) is 0 Å². The number of aliphatic hydroxyl groups is 1. The van der Waals surface area contributed by atoms with E-state index in [2.05, 4.69) is 0 Å². The van der Waals surface area contributed by atoms with Crippen LogP contribution in [0.3, 0.4) is 0 Å². The van der Waals surface area contributed by atoms with E-state index in [-0.39, 0.29) is 18.8 Å². The normalized spacial score (nSPS) is 41.1. The van der Waals surface area contributed by atoms with E-state index in [1.165, 1.54) is 0 Å². The summed E-state index contributed by atoms with van der Waals surface area (Å²) in [5.41, 5.74) is -2.37. The Bertz CT molecular complexity index is 134. The van der Waals surface area contributed by atoms with Gasteiger partial charge in [-0.05, 0) is 18.8 Å². The van der Waals surface area contributed by atoms with Gasteiger partial charge in [0.1, 0.15) is 0 Å². The summed E-state index contributed by atoms with van der Waals surface area (Å²) in [6, 6.07) is 0. The quantitative estimate of drug-likeness (QED) is 0.563. The van der Waals surface area contributed by atoms with E-state index in [4.69, 9.17) is 5.11 Å². The first-order chi connectivity index (χ1) is 4.35. The topological polar surface area (TPSA) is 20.2 Å². The minimum absolute atomic E-state index is 0.00613. The molecule has 1 saturated carbocycles. The lowest BCUT2D eigenvalue weighted by Crippen LogP contribution is -2.54. The Kier molecular flexibility index (Phi) is 1.47. The standard InChI is InChI=1S/C6H9F3O/c1-4-2-5(10,3-4)6(7,8)9/h4,10H,2-3H2,1H3/t4-,5-. The predicted octanol–water partition coefficient (Wildman–Crippen LogP) is 1.71. The maximum atomic E-state index is 11.8. The number of hydrogen-bond donors (Lipinski definition) is 1. The third-order valence-electron chi connectivity index (χ3n) is 1.90. The van der Waals surface area contributed by atoms with E-state index < -0.39 is 11.8 Å². The smallest absolute Gasteiger partial charge is 0.380 e. The molecular formula is C6H9F3O. The summed E-state index contributed by atoms with van der Waals surface area (Å²) in [6.07, 6.45) is -4.72. The Hall–Kier alpha value is -0.250. The van der Waals surface area contributed by atoms with Crippen LogP contribution in [0.5, 0.6) is 0 Å². The molecule has 60 valence electrons. The zero-order valence-corrected chi connectivity index (χ0v) is 5.57. The molecule has 0 atom stereocenters. The van der Waals surface area contributed by atoms with Crippen LogP contribution in [0.2, 0.25) is 0 Å². The van der Waals surface area contributed by atoms with E-state index in [0.717, 1.165) is 0 Å². The largest absolute Gasteiger partial charge is 0.417 e.